The number of rotatable bonds is 12. The molecule has 0 N–H and O–H groups in total. The second-order valence-electron chi connectivity index (χ2n) is 8.43. The van der Waals surface area contributed by atoms with Crippen LogP contribution < -0.4 is 14.2 Å². The second-order valence-corrected chi connectivity index (χ2v) is 8.43. The van der Waals surface area contributed by atoms with E-state index in [9.17, 15) is 22.8 Å². The van der Waals surface area contributed by atoms with E-state index in [0.29, 0.717) is 17.9 Å². The Morgan fingerprint density at radius 3 is 1.84 bits per heavy atom. The number of alkyl halides is 3. The average Bonchev–Trinajstić information content (AvgIpc) is 2.89. The predicted octanol–water partition coefficient (Wildman–Crippen LogP) is 7.88. The van der Waals surface area contributed by atoms with Gasteiger partial charge in [0.25, 0.3) is 0 Å². The molecule has 37 heavy (non-hydrogen) atoms. The molecule has 0 atom stereocenters. The first-order valence-electron chi connectivity index (χ1n) is 12.2. The lowest BCUT2D eigenvalue weighted by Gasteiger charge is -2.12. The van der Waals surface area contributed by atoms with Crippen LogP contribution in [0.4, 0.5) is 13.2 Å². The van der Waals surface area contributed by atoms with E-state index in [-0.39, 0.29) is 11.5 Å². The van der Waals surface area contributed by atoms with Crippen molar-refractivity contribution in [1.82, 2.24) is 0 Å². The van der Waals surface area contributed by atoms with E-state index in [0.717, 1.165) is 25.0 Å². The number of esters is 2. The van der Waals surface area contributed by atoms with Gasteiger partial charge in [0.05, 0.1) is 23.3 Å². The minimum Gasteiger partial charge on any atom is -0.494 e. The zero-order valence-electron chi connectivity index (χ0n) is 20.6. The molecule has 0 aromatic heterocycles. The van der Waals surface area contributed by atoms with Gasteiger partial charge < -0.3 is 14.2 Å². The fourth-order valence-electron chi connectivity index (χ4n) is 3.57. The molecule has 0 unspecified atom stereocenters. The average molecular weight is 515 g/mol. The van der Waals surface area contributed by atoms with Gasteiger partial charge in [0, 0.05) is 0 Å². The van der Waals surface area contributed by atoms with Crippen LogP contribution in [-0.4, -0.2) is 18.5 Å². The van der Waals surface area contributed by atoms with Crippen molar-refractivity contribution < 1.29 is 37.0 Å². The van der Waals surface area contributed by atoms with Crippen LogP contribution in [0, 0.1) is 0 Å². The fraction of sp³-hybridized carbons (Fsp3) is 0.310. The summed E-state index contributed by atoms with van der Waals surface area (Å²) in [4.78, 5) is 24.7. The van der Waals surface area contributed by atoms with E-state index in [1.807, 2.05) is 0 Å². The maximum Gasteiger partial charge on any atom is 0.417 e. The van der Waals surface area contributed by atoms with Crippen molar-refractivity contribution in [1.29, 1.82) is 0 Å². The van der Waals surface area contributed by atoms with Crippen molar-refractivity contribution in [2.75, 3.05) is 6.61 Å². The summed E-state index contributed by atoms with van der Waals surface area (Å²) < 4.78 is 55.5. The number of ether oxygens (including phenoxy) is 3. The van der Waals surface area contributed by atoms with E-state index < -0.39 is 29.2 Å². The highest BCUT2D eigenvalue weighted by Crippen LogP contribution is 2.32. The lowest BCUT2D eigenvalue weighted by atomic mass is 10.1. The van der Waals surface area contributed by atoms with Crippen LogP contribution in [-0.2, 0) is 6.18 Å². The van der Waals surface area contributed by atoms with E-state index in [4.69, 9.17) is 14.2 Å². The monoisotopic (exact) mass is 514 g/mol. The highest BCUT2D eigenvalue weighted by Gasteiger charge is 2.35. The third-order valence-electron chi connectivity index (χ3n) is 5.55. The van der Waals surface area contributed by atoms with Crippen LogP contribution in [0.1, 0.15) is 71.7 Å². The topological polar surface area (TPSA) is 61.8 Å². The number of halogens is 3. The van der Waals surface area contributed by atoms with Gasteiger partial charge in [-0.05, 0) is 67.1 Å². The highest BCUT2D eigenvalue weighted by atomic mass is 19.4. The molecule has 0 aliphatic rings. The molecule has 0 heterocycles. The summed E-state index contributed by atoms with van der Waals surface area (Å²) in [5.41, 5.74) is -1.35. The Morgan fingerprint density at radius 1 is 0.676 bits per heavy atom. The predicted molar refractivity (Wildman–Crippen MR) is 133 cm³/mol. The summed E-state index contributed by atoms with van der Waals surface area (Å²) in [7, 11) is 0. The molecule has 0 saturated carbocycles. The summed E-state index contributed by atoms with van der Waals surface area (Å²) in [5.74, 6) is -0.872. The zero-order chi connectivity index (χ0) is 26.7. The number of carbonyl (C=O) groups excluding carboxylic acids is 2. The minimum atomic E-state index is -4.69. The van der Waals surface area contributed by atoms with Crippen LogP contribution in [0.2, 0.25) is 0 Å². The van der Waals surface area contributed by atoms with Crippen molar-refractivity contribution in [2.24, 2.45) is 0 Å². The summed E-state index contributed by atoms with van der Waals surface area (Å²) in [6.45, 7) is 2.81. The molecule has 0 fully saturated rings. The van der Waals surface area contributed by atoms with Gasteiger partial charge in [0.15, 0.2) is 0 Å². The van der Waals surface area contributed by atoms with E-state index in [2.05, 4.69) is 6.92 Å². The Balaban J connectivity index is 1.49. The fourth-order valence-corrected chi connectivity index (χ4v) is 3.57. The Kier molecular flexibility index (Phi) is 10.1. The summed E-state index contributed by atoms with van der Waals surface area (Å²) >= 11 is 0. The molecule has 0 saturated heterocycles. The Morgan fingerprint density at radius 2 is 1.22 bits per heavy atom. The van der Waals surface area contributed by atoms with Crippen molar-refractivity contribution >= 4 is 11.9 Å². The van der Waals surface area contributed by atoms with E-state index in [1.54, 1.807) is 24.3 Å². The first kappa shape index (κ1) is 27.8. The third kappa shape index (κ3) is 8.66. The molecule has 0 bridgehead atoms. The van der Waals surface area contributed by atoms with Crippen LogP contribution in [0.5, 0.6) is 17.2 Å². The molecule has 0 spiro atoms. The first-order valence-corrected chi connectivity index (χ1v) is 12.2. The van der Waals surface area contributed by atoms with Gasteiger partial charge >= 0.3 is 18.1 Å². The van der Waals surface area contributed by atoms with Crippen molar-refractivity contribution in [2.45, 2.75) is 51.6 Å². The summed E-state index contributed by atoms with van der Waals surface area (Å²) in [6, 6.07) is 16.4. The number of carbonyl (C=O) groups is 2. The van der Waals surface area contributed by atoms with Gasteiger partial charge in [-0.25, -0.2) is 9.59 Å². The third-order valence-corrected chi connectivity index (χ3v) is 5.55. The van der Waals surface area contributed by atoms with Gasteiger partial charge in [0.2, 0.25) is 0 Å². The SMILES string of the molecule is CCCCCCCCOc1ccc(C(=O)Oc2ccc(OC(=O)c3ccccc3C(F)(F)F)cc2)cc1. The summed E-state index contributed by atoms with van der Waals surface area (Å²) in [6.07, 6.45) is 2.35. The van der Waals surface area contributed by atoms with Crippen molar-refractivity contribution in [3.05, 3.63) is 89.5 Å². The molecule has 3 aromatic rings. The van der Waals surface area contributed by atoms with Gasteiger partial charge in [-0.15, -0.1) is 0 Å². The summed E-state index contributed by atoms with van der Waals surface area (Å²) in [5, 5.41) is 0. The van der Waals surface area contributed by atoms with Crippen LogP contribution in [0.3, 0.4) is 0 Å². The Hall–Kier alpha value is -3.81. The minimum absolute atomic E-state index is 0.00800. The van der Waals surface area contributed by atoms with Gasteiger partial charge in [-0.3, -0.25) is 0 Å². The molecule has 0 radical (unpaired) electrons. The maximum absolute atomic E-state index is 13.1. The lowest BCUT2D eigenvalue weighted by Crippen LogP contribution is -2.16. The molecule has 0 aliphatic heterocycles. The van der Waals surface area contributed by atoms with Gasteiger partial charge in [-0.1, -0.05) is 51.2 Å². The molecular formula is C29H29F3O5. The molecule has 0 amide bonds. The molecule has 8 heteroatoms. The number of benzene rings is 3. The number of unbranched alkanes of at least 4 members (excludes halogenated alkanes) is 5. The highest BCUT2D eigenvalue weighted by molar-refractivity contribution is 5.93. The Labute approximate surface area is 214 Å². The number of hydrogen-bond acceptors (Lipinski definition) is 5. The smallest absolute Gasteiger partial charge is 0.417 e. The van der Waals surface area contributed by atoms with Gasteiger partial charge in [0.1, 0.15) is 17.2 Å². The van der Waals surface area contributed by atoms with Crippen LogP contribution >= 0.6 is 0 Å². The van der Waals surface area contributed by atoms with E-state index >= 15 is 0 Å². The second kappa shape index (κ2) is 13.5. The van der Waals surface area contributed by atoms with Crippen LogP contribution in [0.25, 0.3) is 0 Å². The van der Waals surface area contributed by atoms with E-state index in [1.165, 1.54) is 62.1 Å². The maximum atomic E-state index is 13.1. The standard InChI is InChI=1S/C29H29F3O5/c1-2-3-4-5-6-9-20-35-22-14-12-21(13-15-22)27(33)36-23-16-18-24(19-17-23)37-28(34)25-10-7-8-11-26(25)29(30,31)32/h7-8,10-19H,2-6,9,20H2,1H3. The lowest BCUT2D eigenvalue weighted by molar-refractivity contribution is -0.138. The molecular weight excluding hydrogens is 485 g/mol. The van der Waals surface area contributed by atoms with Gasteiger partial charge in [-0.2, -0.15) is 13.2 Å². The zero-order valence-corrected chi connectivity index (χ0v) is 20.6. The largest absolute Gasteiger partial charge is 0.494 e. The van der Waals surface area contributed by atoms with Crippen molar-refractivity contribution in [3.63, 3.8) is 0 Å². The molecule has 3 aromatic carbocycles. The molecule has 5 nitrogen and oxygen atoms in total. The molecule has 196 valence electrons. The molecule has 3 rings (SSSR count). The first-order chi connectivity index (χ1) is 17.8. The van der Waals surface area contributed by atoms with Crippen molar-refractivity contribution in [3.8, 4) is 17.2 Å². The Bertz CT molecular complexity index is 1160. The van der Waals surface area contributed by atoms with Crippen LogP contribution in [0.15, 0.2) is 72.8 Å². The molecule has 0 aliphatic carbocycles. The normalized spacial score (nSPS) is 11.1. The quantitative estimate of drug-likeness (QED) is 0.140. The number of hydrogen-bond donors (Lipinski definition) is 0.